The number of aliphatic imine (C=N–C) groups is 1. The lowest BCUT2D eigenvalue weighted by Gasteiger charge is -2.24. The van der Waals surface area contributed by atoms with E-state index in [1.54, 1.807) is 0 Å². The summed E-state index contributed by atoms with van der Waals surface area (Å²) in [6.07, 6.45) is -4.07. The third kappa shape index (κ3) is 8.25. The molecule has 0 spiro atoms. The molecule has 1 rings (SSSR count). The van der Waals surface area contributed by atoms with E-state index in [2.05, 4.69) is 51.7 Å². The van der Waals surface area contributed by atoms with Gasteiger partial charge in [0.25, 0.3) is 0 Å². The Bertz CT molecular complexity index is 524. The van der Waals surface area contributed by atoms with Gasteiger partial charge in [-0.05, 0) is 38.6 Å². The Morgan fingerprint density at radius 1 is 1.12 bits per heavy atom. The molecule has 142 valence electrons. The molecule has 2 N–H and O–H groups in total. The van der Waals surface area contributed by atoms with E-state index >= 15 is 0 Å². The van der Waals surface area contributed by atoms with Crippen LogP contribution in [-0.2, 0) is 6.42 Å². The van der Waals surface area contributed by atoms with Crippen LogP contribution in [-0.4, -0.2) is 50.8 Å². The van der Waals surface area contributed by atoms with Gasteiger partial charge in [-0.15, -0.1) is 0 Å². The molecular weight excluding hydrogens is 329 g/mol. The maximum atomic E-state index is 12.3. The van der Waals surface area contributed by atoms with Crippen LogP contribution in [0.3, 0.4) is 0 Å². The summed E-state index contributed by atoms with van der Waals surface area (Å²) in [5.41, 5.74) is 2.41. The number of hydrogen-bond donors (Lipinski definition) is 2. The van der Waals surface area contributed by atoms with Crippen LogP contribution in [0.2, 0.25) is 0 Å². The quantitative estimate of drug-likeness (QED) is 0.553. The van der Waals surface area contributed by atoms with Crippen LogP contribution in [0.5, 0.6) is 0 Å². The average molecular weight is 358 g/mol. The van der Waals surface area contributed by atoms with Gasteiger partial charge >= 0.3 is 6.18 Å². The Balaban J connectivity index is 2.76. The summed E-state index contributed by atoms with van der Waals surface area (Å²) in [7, 11) is 3.94. The first-order valence-electron chi connectivity index (χ1n) is 8.61. The minimum absolute atomic E-state index is 0.0592. The Labute approximate surface area is 148 Å². The summed E-state index contributed by atoms with van der Waals surface area (Å²) in [5.74, 6) is 0.406. The van der Waals surface area contributed by atoms with E-state index in [-0.39, 0.29) is 12.6 Å². The van der Waals surface area contributed by atoms with Crippen LogP contribution in [0.25, 0.3) is 0 Å². The lowest BCUT2D eigenvalue weighted by atomic mass is 10.0. The Morgan fingerprint density at radius 3 is 2.24 bits per heavy atom. The number of halogens is 3. The number of alkyl halides is 3. The molecule has 0 radical (unpaired) electrons. The zero-order valence-corrected chi connectivity index (χ0v) is 15.5. The SMILES string of the molecule is CCNC(=NCC(c1ccc(CC)cc1)N(C)C)NCCC(F)(F)F. The molecule has 0 aliphatic rings. The molecule has 0 amide bonds. The maximum Gasteiger partial charge on any atom is 0.390 e. The molecule has 1 atom stereocenters. The standard InChI is InChI=1S/C18H29F3N4/c1-5-14-7-9-15(10-8-14)16(25(3)4)13-24-17(22-6-2)23-12-11-18(19,20)21/h7-10,16H,5-6,11-13H2,1-4H3,(H2,22,23,24). The Kier molecular flexibility index (Phi) is 8.75. The summed E-state index contributed by atoms with van der Waals surface area (Å²) in [6.45, 7) is 4.86. The molecule has 7 heteroatoms. The zero-order chi connectivity index (χ0) is 18.9. The number of likely N-dealkylation sites (N-methyl/N-ethyl adjacent to an activating group) is 1. The normalized spacial score (nSPS) is 13.8. The van der Waals surface area contributed by atoms with Gasteiger partial charge in [-0.3, -0.25) is 4.99 Å². The van der Waals surface area contributed by atoms with Crippen molar-refractivity contribution in [3.63, 3.8) is 0 Å². The first kappa shape index (κ1) is 21.3. The fraction of sp³-hybridized carbons (Fsp3) is 0.611. The van der Waals surface area contributed by atoms with Crippen molar-refractivity contribution in [3.05, 3.63) is 35.4 Å². The lowest BCUT2D eigenvalue weighted by molar-refractivity contribution is -0.132. The average Bonchev–Trinajstić information content (AvgIpc) is 2.54. The molecular formula is C18H29F3N4. The predicted octanol–water partition coefficient (Wildman–Crippen LogP) is 3.36. The van der Waals surface area contributed by atoms with Crippen molar-refractivity contribution in [2.75, 3.05) is 33.7 Å². The number of aryl methyl sites for hydroxylation is 1. The van der Waals surface area contributed by atoms with Crippen molar-refractivity contribution >= 4 is 5.96 Å². The number of benzene rings is 1. The van der Waals surface area contributed by atoms with E-state index in [0.717, 1.165) is 12.0 Å². The smallest absolute Gasteiger partial charge is 0.357 e. The Hall–Kier alpha value is -1.76. The molecule has 1 aromatic carbocycles. The first-order valence-corrected chi connectivity index (χ1v) is 8.61. The highest BCUT2D eigenvalue weighted by atomic mass is 19.4. The van der Waals surface area contributed by atoms with Crippen LogP contribution in [0.15, 0.2) is 29.3 Å². The van der Waals surface area contributed by atoms with Gasteiger partial charge in [0.15, 0.2) is 5.96 Å². The Morgan fingerprint density at radius 2 is 1.76 bits per heavy atom. The van der Waals surface area contributed by atoms with E-state index < -0.39 is 12.6 Å². The maximum absolute atomic E-state index is 12.3. The molecule has 1 aromatic rings. The van der Waals surface area contributed by atoms with E-state index in [0.29, 0.717) is 19.0 Å². The molecule has 0 heterocycles. The number of hydrogen-bond acceptors (Lipinski definition) is 2. The summed E-state index contributed by atoms with van der Waals surface area (Å²) in [4.78, 5) is 6.52. The van der Waals surface area contributed by atoms with Gasteiger partial charge in [-0.2, -0.15) is 13.2 Å². The monoisotopic (exact) mass is 358 g/mol. The molecule has 0 saturated heterocycles. The van der Waals surface area contributed by atoms with Crippen LogP contribution >= 0.6 is 0 Å². The molecule has 0 fully saturated rings. The summed E-state index contributed by atoms with van der Waals surface area (Å²) >= 11 is 0. The molecule has 0 aromatic heterocycles. The largest absolute Gasteiger partial charge is 0.390 e. The van der Waals surface area contributed by atoms with Crippen molar-refractivity contribution in [1.82, 2.24) is 15.5 Å². The van der Waals surface area contributed by atoms with Crippen LogP contribution < -0.4 is 10.6 Å². The second-order valence-corrected chi connectivity index (χ2v) is 6.09. The molecule has 4 nitrogen and oxygen atoms in total. The van der Waals surface area contributed by atoms with Gasteiger partial charge in [0.2, 0.25) is 0 Å². The van der Waals surface area contributed by atoms with Crippen LogP contribution in [0.1, 0.15) is 37.4 Å². The minimum Gasteiger partial charge on any atom is -0.357 e. The number of nitrogens with one attached hydrogen (secondary N) is 2. The first-order chi connectivity index (χ1) is 11.8. The van der Waals surface area contributed by atoms with Crippen molar-refractivity contribution in [3.8, 4) is 0 Å². The predicted molar refractivity (Wildman–Crippen MR) is 96.9 cm³/mol. The lowest BCUT2D eigenvalue weighted by Crippen LogP contribution is -2.39. The summed E-state index contributed by atoms with van der Waals surface area (Å²) in [6, 6.07) is 8.43. The highest BCUT2D eigenvalue weighted by molar-refractivity contribution is 5.79. The fourth-order valence-corrected chi connectivity index (χ4v) is 2.38. The molecule has 0 bridgehead atoms. The summed E-state index contributed by atoms with van der Waals surface area (Å²) in [5, 5.41) is 5.73. The van der Waals surface area contributed by atoms with Crippen molar-refractivity contribution in [2.24, 2.45) is 4.99 Å². The molecule has 0 aliphatic carbocycles. The highest BCUT2D eigenvalue weighted by Gasteiger charge is 2.26. The van der Waals surface area contributed by atoms with E-state index in [9.17, 15) is 13.2 Å². The van der Waals surface area contributed by atoms with Crippen molar-refractivity contribution in [2.45, 2.75) is 38.9 Å². The van der Waals surface area contributed by atoms with Crippen LogP contribution in [0.4, 0.5) is 13.2 Å². The van der Waals surface area contributed by atoms with Crippen LogP contribution in [0, 0.1) is 0 Å². The zero-order valence-electron chi connectivity index (χ0n) is 15.5. The van der Waals surface area contributed by atoms with Gasteiger partial charge in [0.1, 0.15) is 0 Å². The number of guanidine groups is 1. The van der Waals surface area contributed by atoms with E-state index in [1.807, 2.05) is 21.0 Å². The third-order valence-corrected chi connectivity index (χ3v) is 3.86. The number of nitrogens with zero attached hydrogens (tertiary/aromatic N) is 2. The minimum atomic E-state index is -4.17. The second-order valence-electron chi connectivity index (χ2n) is 6.09. The highest BCUT2D eigenvalue weighted by Crippen LogP contribution is 2.20. The number of rotatable bonds is 8. The van der Waals surface area contributed by atoms with Gasteiger partial charge in [0.05, 0.1) is 19.0 Å². The third-order valence-electron chi connectivity index (χ3n) is 3.86. The molecule has 25 heavy (non-hydrogen) atoms. The van der Waals surface area contributed by atoms with Gasteiger partial charge in [-0.1, -0.05) is 31.2 Å². The molecule has 0 saturated carbocycles. The van der Waals surface area contributed by atoms with Gasteiger partial charge in [0, 0.05) is 13.1 Å². The topological polar surface area (TPSA) is 39.7 Å². The second kappa shape index (κ2) is 10.3. The summed E-state index contributed by atoms with van der Waals surface area (Å²) < 4.78 is 36.9. The van der Waals surface area contributed by atoms with Crippen molar-refractivity contribution < 1.29 is 13.2 Å². The van der Waals surface area contributed by atoms with Gasteiger partial charge in [-0.25, -0.2) is 0 Å². The van der Waals surface area contributed by atoms with E-state index in [4.69, 9.17) is 0 Å². The molecule has 0 aliphatic heterocycles. The van der Waals surface area contributed by atoms with Crippen molar-refractivity contribution in [1.29, 1.82) is 0 Å². The fourth-order valence-electron chi connectivity index (χ4n) is 2.38. The van der Waals surface area contributed by atoms with Gasteiger partial charge < -0.3 is 15.5 Å². The van der Waals surface area contributed by atoms with E-state index in [1.165, 1.54) is 5.56 Å². The molecule has 1 unspecified atom stereocenters.